The molecule has 0 fully saturated rings. The molecular formula is C17H16N2O3. The molecule has 2 aromatic carbocycles. The van der Waals surface area contributed by atoms with Gasteiger partial charge in [-0.3, -0.25) is 4.79 Å². The molecule has 3 aromatic rings. The second-order valence-corrected chi connectivity index (χ2v) is 4.89. The number of ether oxygens (including phenoxy) is 2. The van der Waals surface area contributed by atoms with Crippen molar-refractivity contribution < 1.29 is 14.3 Å². The van der Waals surface area contributed by atoms with Crippen LogP contribution in [0.3, 0.4) is 0 Å². The van der Waals surface area contributed by atoms with Gasteiger partial charge in [-0.05, 0) is 29.8 Å². The Bertz CT molecular complexity index is 762. The third-order valence-corrected chi connectivity index (χ3v) is 3.29. The number of carbonyl (C=O) groups is 1. The van der Waals surface area contributed by atoms with Crippen molar-refractivity contribution in [2.75, 3.05) is 7.11 Å². The zero-order valence-corrected chi connectivity index (χ0v) is 12.2. The van der Waals surface area contributed by atoms with Crippen LogP contribution in [0.5, 0.6) is 5.75 Å². The van der Waals surface area contributed by atoms with E-state index in [0.29, 0.717) is 12.4 Å². The van der Waals surface area contributed by atoms with Crippen LogP contribution in [0, 0.1) is 0 Å². The molecular weight excluding hydrogens is 280 g/mol. The maximum atomic E-state index is 11.3. The number of rotatable bonds is 5. The molecule has 22 heavy (non-hydrogen) atoms. The van der Waals surface area contributed by atoms with E-state index >= 15 is 0 Å². The van der Waals surface area contributed by atoms with Crippen LogP contribution in [0.4, 0.5) is 0 Å². The minimum Gasteiger partial charge on any atom is -0.486 e. The van der Waals surface area contributed by atoms with Crippen LogP contribution >= 0.6 is 0 Å². The number of H-pyrrole nitrogens is 1. The van der Waals surface area contributed by atoms with Crippen molar-refractivity contribution in [3.05, 3.63) is 59.9 Å². The van der Waals surface area contributed by atoms with E-state index in [9.17, 15) is 4.79 Å². The summed E-state index contributed by atoms with van der Waals surface area (Å²) in [6.07, 6.45) is 0.234. The fraction of sp³-hybridized carbons (Fsp3) is 0.176. The van der Waals surface area contributed by atoms with Crippen molar-refractivity contribution in [3.8, 4) is 5.75 Å². The first-order chi connectivity index (χ1) is 10.7. The van der Waals surface area contributed by atoms with Gasteiger partial charge in [-0.1, -0.05) is 24.3 Å². The Morgan fingerprint density at radius 1 is 1.18 bits per heavy atom. The molecule has 0 saturated heterocycles. The number of hydrogen-bond acceptors (Lipinski definition) is 4. The molecule has 5 heteroatoms. The van der Waals surface area contributed by atoms with Gasteiger partial charge in [0.1, 0.15) is 18.2 Å². The third-order valence-electron chi connectivity index (χ3n) is 3.29. The van der Waals surface area contributed by atoms with Crippen LogP contribution in [0.15, 0.2) is 48.5 Å². The SMILES string of the molecule is COC(=O)Cc1cccc(OCc2nc3ccccc3[nH]2)c1. The van der Waals surface area contributed by atoms with Crippen LogP contribution in [-0.4, -0.2) is 23.0 Å². The van der Waals surface area contributed by atoms with Crippen molar-refractivity contribution >= 4 is 17.0 Å². The average Bonchev–Trinajstić information content (AvgIpc) is 2.96. The molecule has 0 aliphatic rings. The van der Waals surface area contributed by atoms with Gasteiger partial charge in [0.25, 0.3) is 0 Å². The Morgan fingerprint density at radius 2 is 2.05 bits per heavy atom. The monoisotopic (exact) mass is 296 g/mol. The van der Waals surface area contributed by atoms with E-state index in [2.05, 4.69) is 14.7 Å². The Morgan fingerprint density at radius 3 is 2.86 bits per heavy atom. The number of benzene rings is 2. The van der Waals surface area contributed by atoms with Gasteiger partial charge in [0.2, 0.25) is 0 Å². The van der Waals surface area contributed by atoms with E-state index in [1.54, 1.807) is 0 Å². The molecule has 1 heterocycles. The molecule has 1 N–H and O–H groups in total. The lowest BCUT2D eigenvalue weighted by atomic mass is 10.1. The molecule has 1 aromatic heterocycles. The number of fused-ring (bicyclic) bond motifs is 1. The van der Waals surface area contributed by atoms with Crippen LogP contribution in [0.2, 0.25) is 0 Å². The number of aromatic amines is 1. The number of nitrogens with zero attached hydrogens (tertiary/aromatic N) is 1. The summed E-state index contributed by atoms with van der Waals surface area (Å²) in [5, 5.41) is 0. The molecule has 0 atom stereocenters. The summed E-state index contributed by atoms with van der Waals surface area (Å²) >= 11 is 0. The molecule has 0 saturated carbocycles. The minimum absolute atomic E-state index is 0.234. The molecule has 0 aliphatic carbocycles. The van der Waals surface area contributed by atoms with E-state index in [4.69, 9.17) is 4.74 Å². The number of hydrogen-bond donors (Lipinski definition) is 1. The summed E-state index contributed by atoms with van der Waals surface area (Å²) in [5.41, 5.74) is 2.76. The largest absolute Gasteiger partial charge is 0.486 e. The van der Waals surface area contributed by atoms with Crippen molar-refractivity contribution in [2.24, 2.45) is 0 Å². The highest BCUT2D eigenvalue weighted by Gasteiger charge is 2.06. The third kappa shape index (κ3) is 3.25. The summed E-state index contributed by atoms with van der Waals surface area (Å²) in [7, 11) is 1.38. The first-order valence-electron chi connectivity index (χ1n) is 6.97. The minimum atomic E-state index is -0.269. The lowest BCUT2D eigenvalue weighted by molar-refractivity contribution is -0.139. The quantitative estimate of drug-likeness (QED) is 0.735. The van der Waals surface area contributed by atoms with Gasteiger partial charge in [0, 0.05) is 0 Å². The Hall–Kier alpha value is -2.82. The lowest BCUT2D eigenvalue weighted by Gasteiger charge is -2.06. The van der Waals surface area contributed by atoms with Gasteiger partial charge in [-0.15, -0.1) is 0 Å². The molecule has 0 aliphatic heterocycles. The van der Waals surface area contributed by atoms with E-state index in [0.717, 1.165) is 22.4 Å². The highest BCUT2D eigenvalue weighted by atomic mass is 16.5. The van der Waals surface area contributed by atoms with E-state index in [1.807, 2.05) is 48.5 Å². The summed E-state index contributed by atoms with van der Waals surface area (Å²) in [6.45, 7) is 0.344. The molecule has 0 unspecified atom stereocenters. The van der Waals surface area contributed by atoms with Gasteiger partial charge in [-0.25, -0.2) is 4.98 Å². The van der Waals surface area contributed by atoms with E-state index in [1.165, 1.54) is 7.11 Å². The van der Waals surface area contributed by atoms with Crippen LogP contribution in [0.1, 0.15) is 11.4 Å². The number of carbonyl (C=O) groups excluding carboxylic acids is 1. The highest BCUT2D eigenvalue weighted by molar-refractivity contribution is 5.74. The van der Waals surface area contributed by atoms with Gasteiger partial charge >= 0.3 is 5.97 Å². The Kier molecular flexibility index (Phi) is 4.05. The number of nitrogens with one attached hydrogen (secondary N) is 1. The fourth-order valence-electron chi connectivity index (χ4n) is 2.21. The second-order valence-electron chi connectivity index (χ2n) is 4.89. The van der Waals surface area contributed by atoms with Crippen molar-refractivity contribution in [3.63, 3.8) is 0 Å². The number of aromatic nitrogens is 2. The summed E-state index contributed by atoms with van der Waals surface area (Å²) in [4.78, 5) is 19.0. The van der Waals surface area contributed by atoms with E-state index in [-0.39, 0.29) is 12.4 Å². The topological polar surface area (TPSA) is 64.2 Å². The summed E-state index contributed by atoms with van der Waals surface area (Å²) in [6, 6.07) is 15.2. The van der Waals surface area contributed by atoms with Crippen LogP contribution in [0.25, 0.3) is 11.0 Å². The molecule has 0 bridgehead atoms. The molecule has 3 rings (SSSR count). The number of esters is 1. The molecule has 112 valence electrons. The number of imidazole rings is 1. The zero-order valence-electron chi connectivity index (χ0n) is 12.2. The Labute approximate surface area is 127 Å². The predicted octanol–water partition coefficient (Wildman–Crippen LogP) is 2.86. The smallest absolute Gasteiger partial charge is 0.309 e. The summed E-state index contributed by atoms with van der Waals surface area (Å²) < 4.78 is 10.4. The van der Waals surface area contributed by atoms with Crippen LogP contribution < -0.4 is 4.74 Å². The number of methoxy groups -OCH3 is 1. The highest BCUT2D eigenvalue weighted by Crippen LogP contribution is 2.16. The Balaban J connectivity index is 1.68. The lowest BCUT2D eigenvalue weighted by Crippen LogP contribution is -2.04. The van der Waals surface area contributed by atoms with Gasteiger partial charge in [0.15, 0.2) is 0 Å². The van der Waals surface area contributed by atoms with Gasteiger partial charge < -0.3 is 14.5 Å². The van der Waals surface area contributed by atoms with Crippen molar-refractivity contribution in [2.45, 2.75) is 13.0 Å². The maximum absolute atomic E-state index is 11.3. The normalized spacial score (nSPS) is 10.6. The molecule has 0 spiro atoms. The molecule has 5 nitrogen and oxygen atoms in total. The predicted molar refractivity (Wildman–Crippen MR) is 82.6 cm³/mol. The molecule has 0 radical (unpaired) electrons. The zero-order chi connectivity index (χ0) is 15.4. The standard InChI is InChI=1S/C17H16N2O3/c1-21-17(20)10-12-5-4-6-13(9-12)22-11-16-18-14-7-2-3-8-15(14)19-16/h2-9H,10-11H2,1H3,(H,18,19). The second kappa shape index (κ2) is 6.30. The van der Waals surface area contributed by atoms with Gasteiger partial charge in [-0.2, -0.15) is 0 Å². The maximum Gasteiger partial charge on any atom is 0.309 e. The number of para-hydroxylation sites is 2. The molecule has 0 amide bonds. The first kappa shape index (κ1) is 14.1. The summed E-state index contributed by atoms with van der Waals surface area (Å²) in [5.74, 6) is 1.19. The fourth-order valence-corrected chi connectivity index (χ4v) is 2.21. The first-order valence-corrected chi connectivity index (χ1v) is 6.97. The van der Waals surface area contributed by atoms with Crippen molar-refractivity contribution in [1.29, 1.82) is 0 Å². The average molecular weight is 296 g/mol. The van der Waals surface area contributed by atoms with Crippen molar-refractivity contribution in [1.82, 2.24) is 9.97 Å². The van der Waals surface area contributed by atoms with Gasteiger partial charge in [0.05, 0.1) is 24.6 Å². The van der Waals surface area contributed by atoms with E-state index < -0.39 is 0 Å². The van der Waals surface area contributed by atoms with Crippen LogP contribution in [-0.2, 0) is 22.6 Å².